The van der Waals surface area contributed by atoms with E-state index in [1.807, 2.05) is 24.3 Å². The van der Waals surface area contributed by atoms with Gasteiger partial charge in [-0.05, 0) is 42.5 Å². The molecule has 4 rings (SSSR count). The van der Waals surface area contributed by atoms with Crippen molar-refractivity contribution >= 4 is 17.6 Å². The SMILES string of the molecule is O=C(O)CCNCCOc1cccc(Cc2noc(-c3cccnc3OCC3CCCC3)n2)c1Cl. The number of benzene rings is 1. The van der Waals surface area contributed by atoms with E-state index in [0.717, 1.165) is 5.56 Å². The van der Waals surface area contributed by atoms with Gasteiger partial charge in [-0.3, -0.25) is 4.79 Å². The predicted octanol–water partition coefficient (Wildman–Crippen LogP) is 4.39. The lowest BCUT2D eigenvalue weighted by Crippen LogP contribution is -2.23. The van der Waals surface area contributed by atoms with E-state index in [-0.39, 0.29) is 6.42 Å². The second-order valence-electron chi connectivity index (χ2n) is 8.48. The first kappa shape index (κ1) is 24.9. The molecule has 2 aromatic heterocycles. The normalized spacial score (nSPS) is 13.7. The standard InChI is InChI=1S/C25H29ClN4O5/c26-23-18(7-3-9-20(23)33-14-13-27-12-10-22(31)32)15-21-29-25(35-30-21)19-8-4-11-28-24(19)34-16-17-5-1-2-6-17/h3-4,7-9,11,17,27H,1-2,5-6,10,12-16H2,(H,31,32). The number of carboxylic acids is 1. The minimum atomic E-state index is -0.838. The highest BCUT2D eigenvalue weighted by Gasteiger charge is 2.20. The molecule has 1 saturated carbocycles. The molecule has 2 N–H and O–H groups in total. The third-order valence-corrected chi connectivity index (χ3v) is 6.27. The van der Waals surface area contributed by atoms with Gasteiger partial charge in [0.1, 0.15) is 17.9 Å². The molecule has 0 spiro atoms. The summed E-state index contributed by atoms with van der Waals surface area (Å²) in [6, 6.07) is 9.20. The van der Waals surface area contributed by atoms with Crippen molar-refractivity contribution in [1.29, 1.82) is 0 Å². The minimum Gasteiger partial charge on any atom is -0.491 e. The molecule has 1 aliphatic rings. The van der Waals surface area contributed by atoms with Crippen LogP contribution in [0.25, 0.3) is 11.5 Å². The summed E-state index contributed by atoms with van der Waals surface area (Å²) in [5.41, 5.74) is 1.47. The van der Waals surface area contributed by atoms with Crippen LogP contribution in [0.1, 0.15) is 43.5 Å². The number of rotatable bonds is 13. The highest BCUT2D eigenvalue weighted by Crippen LogP contribution is 2.32. The average Bonchev–Trinajstić information content (AvgIpc) is 3.54. The van der Waals surface area contributed by atoms with Gasteiger partial charge in [0, 0.05) is 25.7 Å². The second kappa shape index (κ2) is 12.5. The van der Waals surface area contributed by atoms with Crippen LogP contribution in [-0.4, -0.2) is 52.5 Å². The summed E-state index contributed by atoms with van der Waals surface area (Å²) >= 11 is 6.55. The third-order valence-electron chi connectivity index (χ3n) is 5.84. The first-order valence-corrected chi connectivity index (χ1v) is 12.2. The van der Waals surface area contributed by atoms with Gasteiger partial charge in [0.25, 0.3) is 5.89 Å². The van der Waals surface area contributed by atoms with E-state index in [9.17, 15) is 4.79 Å². The fourth-order valence-electron chi connectivity index (χ4n) is 4.01. The molecule has 1 aliphatic carbocycles. The second-order valence-corrected chi connectivity index (χ2v) is 8.86. The van der Waals surface area contributed by atoms with E-state index in [0.29, 0.717) is 72.6 Å². The van der Waals surface area contributed by atoms with Gasteiger partial charge < -0.3 is 24.4 Å². The molecule has 0 amide bonds. The van der Waals surface area contributed by atoms with E-state index >= 15 is 0 Å². The van der Waals surface area contributed by atoms with Crippen molar-refractivity contribution in [2.45, 2.75) is 38.5 Å². The Hall–Kier alpha value is -3.17. The van der Waals surface area contributed by atoms with Crippen LogP contribution in [0.5, 0.6) is 11.6 Å². The minimum absolute atomic E-state index is 0.0656. The fourth-order valence-corrected chi connectivity index (χ4v) is 4.25. The number of hydrogen-bond acceptors (Lipinski definition) is 8. The van der Waals surface area contributed by atoms with Gasteiger partial charge in [0.15, 0.2) is 5.82 Å². The Kier molecular flexibility index (Phi) is 8.91. The number of aromatic nitrogens is 3. The summed E-state index contributed by atoms with van der Waals surface area (Å²) in [5.74, 6) is 1.61. The lowest BCUT2D eigenvalue weighted by atomic mass is 10.1. The number of carbonyl (C=O) groups is 1. The molecule has 9 nitrogen and oxygen atoms in total. The van der Waals surface area contributed by atoms with E-state index < -0.39 is 5.97 Å². The maximum absolute atomic E-state index is 10.5. The number of nitrogens with zero attached hydrogens (tertiary/aromatic N) is 3. The topological polar surface area (TPSA) is 120 Å². The van der Waals surface area contributed by atoms with Crippen molar-refractivity contribution in [3.63, 3.8) is 0 Å². The fraction of sp³-hybridized carbons (Fsp3) is 0.440. The van der Waals surface area contributed by atoms with Gasteiger partial charge in [-0.2, -0.15) is 4.98 Å². The molecule has 2 heterocycles. The maximum Gasteiger partial charge on any atom is 0.304 e. The van der Waals surface area contributed by atoms with Crippen LogP contribution >= 0.6 is 11.6 Å². The molecule has 0 unspecified atom stereocenters. The molecule has 0 bridgehead atoms. The molecule has 3 aromatic rings. The zero-order valence-corrected chi connectivity index (χ0v) is 20.2. The highest BCUT2D eigenvalue weighted by atomic mass is 35.5. The Balaban J connectivity index is 1.36. The lowest BCUT2D eigenvalue weighted by molar-refractivity contribution is -0.136. The molecule has 0 aliphatic heterocycles. The molecular weight excluding hydrogens is 472 g/mol. The van der Waals surface area contributed by atoms with Crippen LogP contribution in [0, 0.1) is 5.92 Å². The number of ether oxygens (including phenoxy) is 2. The van der Waals surface area contributed by atoms with Crippen molar-refractivity contribution < 1.29 is 23.9 Å². The van der Waals surface area contributed by atoms with Gasteiger partial charge in [-0.15, -0.1) is 0 Å². The first-order chi connectivity index (χ1) is 17.1. The van der Waals surface area contributed by atoms with Crippen LogP contribution in [0.2, 0.25) is 5.02 Å². The van der Waals surface area contributed by atoms with E-state index in [2.05, 4.69) is 20.4 Å². The number of carboxylic acid groups (broad SMARTS) is 1. The van der Waals surface area contributed by atoms with Gasteiger partial charge in [0.05, 0.1) is 18.1 Å². The summed E-state index contributed by atoms with van der Waals surface area (Å²) in [6.45, 7) is 1.90. The van der Waals surface area contributed by atoms with Gasteiger partial charge in [-0.25, -0.2) is 4.98 Å². The Morgan fingerprint density at radius 2 is 2.03 bits per heavy atom. The Labute approximate surface area is 208 Å². The highest BCUT2D eigenvalue weighted by molar-refractivity contribution is 6.32. The molecule has 1 aromatic carbocycles. The van der Waals surface area contributed by atoms with E-state index in [4.69, 9.17) is 30.7 Å². The Bertz CT molecular complexity index is 1120. The van der Waals surface area contributed by atoms with Crippen molar-refractivity contribution in [3.8, 4) is 23.1 Å². The number of pyridine rings is 1. The Morgan fingerprint density at radius 1 is 1.17 bits per heavy atom. The smallest absolute Gasteiger partial charge is 0.304 e. The number of nitrogens with one attached hydrogen (secondary N) is 1. The van der Waals surface area contributed by atoms with E-state index in [1.165, 1.54) is 25.7 Å². The van der Waals surface area contributed by atoms with Gasteiger partial charge >= 0.3 is 5.97 Å². The summed E-state index contributed by atoms with van der Waals surface area (Å²) in [6.07, 6.45) is 7.03. The average molecular weight is 501 g/mol. The third kappa shape index (κ3) is 7.16. The van der Waals surface area contributed by atoms with Crippen LogP contribution in [0.4, 0.5) is 0 Å². The predicted molar refractivity (Wildman–Crippen MR) is 130 cm³/mol. The van der Waals surface area contributed by atoms with Crippen molar-refractivity contribution in [2.75, 3.05) is 26.3 Å². The zero-order valence-electron chi connectivity index (χ0n) is 19.4. The maximum atomic E-state index is 10.5. The van der Waals surface area contributed by atoms with Crippen LogP contribution in [-0.2, 0) is 11.2 Å². The number of halogens is 1. The van der Waals surface area contributed by atoms with E-state index in [1.54, 1.807) is 12.3 Å². The molecule has 1 fully saturated rings. The summed E-state index contributed by atoms with van der Waals surface area (Å²) < 4.78 is 17.3. The summed E-state index contributed by atoms with van der Waals surface area (Å²) in [5, 5.41) is 16.3. The monoisotopic (exact) mass is 500 g/mol. The quantitative estimate of drug-likeness (QED) is 0.329. The molecule has 0 atom stereocenters. The van der Waals surface area contributed by atoms with Crippen LogP contribution < -0.4 is 14.8 Å². The molecule has 186 valence electrons. The van der Waals surface area contributed by atoms with Crippen LogP contribution in [0.15, 0.2) is 41.1 Å². The first-order valence-electron chi connectivity index (χ1n) is 11.8. The molecule has 0 radical (unpaired) electrons. The largest absolute Gasteiger partial charge is 0.491 e. The van der Waals surface area contributed by atoms with Crippen molar-refractivity contribution in [2.24, 2.45) is 5.92 Å². The summed E-state index contributed by atoms with van der Waals surface area (Å²) in [4.78, 5) is 19.5. The summed E-state index contributed by atoms with van der Waals surface area (Å²) in [7, 11) is 0. The van der Waals surface area contributed by atoms with Crippen molar-refractivity contribution in [1.82, 2.24) is 20.4 Å². The number of hydrogen-bond donors (Lipinski definition) is 2. The van der Waals surface area contributed by atoms with Gasteiger partial charge in [-0.1, -0.05) is 41.7 Å². The molecule has 0 saturated heterocycles. The van der Waals surface area contributed by atoms with Crippen molar-refractivity contribution in [3.05, 3.63) is 52.9 Å². The van der Waals surface area contributed by atoms with Gasteiger partial charge in [0.2, 0.25) is 5.88 Å². The van der Waals surface area contributed by atoms with Crippen LogP contribution in [0.3, 0.4) is 0 Å². The number of aliphatic carboxylic acids is 1. The molecule has 35 heavy (non-hydrogen) atoms. The molecular formula is C25H29ClN4O5. The lowest BCUT2D eigenvalue weighted by Gasteiger charge is -2.12. The zero-order chi connectivity index (χ0) is 24.5. The Morgan fingerprint density at radius 3 is 2.86 bits per heavy atom. The molecule has 10 heteroatoms.